The predicted molar refractivity (Wildman–Crippen MR) is 81.3 cm³/mol. The van der Waals surface area contributed by atoms with E-state index in [0.717, 1.165) is 17.9 Å². The maximum atomic E-state index is 11.9. The molecule has 0 spiro atoms. The Bertz CT molecular complexity index is 526. The van der Waals surface area contributed by atoms with Gasteiger partial charge in [-0.3, -0.25) is 0 Å². The molecule has 0 bridgehead atoms. The summed E-state index contributed by atoms with van der Waals surface area (Å²) in [6.07, 6.45) is 1.16. The van der Waals surface area contributed by atoms with Crippen LogP contribution in [0.5, 0.6) is 0 Å². The molecule has 2 rings (SSSR count). The van der Waals surface area contributed by atoms with Gasteiger partial charge in [0.1, 0.15) is 0 Å². The minimum atomic E-state index is -3.33. The van der Waals surface area contributed by atoms with E-state index in [0.29, 0.717) is 16.2 Å². The van der Waals surface area contributed by atoms with Gasteiger partial charge in [-0.2, -0.15) is 11.8 Å². The van der Waals surface area contributed by atoms with Crippen LogP contribution in [0.1, 0.15) is 13.3 Å². The lowest BCUT2D eigenvalue weighted by Crippen LogP contribution is -2.22. The number of anilines is 1. The van der Waals surface area contributed by atoms with Crippen molar-refractivity contribution in [3.63, 3.8) is 0 Å². The van der Waals surface area contributed by atoms with Crippen molar-refractivity contribution in [3.05, 3.63) is 24.3 Å². The Morgan fingerprint density at radius 1 is 1.26 bits per heavy atom. The van der Waals surface area contributed by atoms with Gasteiger partial charge in [0.2, 0.25) is 10.0 Å². The summed E-state index contributed by atoms with van der Waals surface area (Å²) in [6, 6.07) is 7.47. The number of rotatable bonds is 4. The third-order valence-corrected chi connectivity index (χ3v) is 6.39. The quantitative estimate of drug-likeness (QED) is 0.926. The van der Waals surface area contributed by atoms with E-state index in [1.165, 1.54) is 4.31 Å². The number of benzene rings is 1. The molecule has 0 aliphatic carbocycles. The molecule has 2 atom stereocenters. The molecule has 1 aromatic rings. The van der Waals surface area contributed by atoms with E-state index in [2.05, 4.69) is 12.2 Å². The Labute approximate surface area is 119 Å². The van der Waals surface area contributed by atoms with Gasteiger partial charge in [0, 0.05) is 36.8 Å². The minimum absolute atomic E-state index is 0.331. The average molecular weight is 300 g/mol. The third-order valence-electron chi connectivity index (χ3n) is 3.20. The van der Waals surface area contributed by atoms with E-state index in [9.17, 15) is 8.42 Å². The van der Waals surface area contributed by atoms with Crippen LogP contribution in [0.4, 0.5) is 5.69 Å². The fourth-order valence-corrected chi connectivity index (χ4v) is 4.14. The zero-order valence-corrected chi connectivity index (χ0v) is 13.1. The van der Waals surface area contributed by atoms with Crippen LogP contribution < -0.4 is 5.32 Å². The highest BCUT2D eigenvalue weighted by molar-refractivity contribution is 8.00. The standard InChI is InChI=1S/C13H20N2O2S2/c1-10-8-12(9-18-10)14-11-4-6-13(7-5-11)19(16,17)15(2)3/h4-7,10,12,14H,8-9H2,1-3H3. The van der Waals surface area contributed by atoms with Crippen LogP contribution in [0.15, 0.2) is 29.2 Å². The Balaban J connectivity index is 2.07. The molecule has 1 heterocycles. The lowest BCUT2D eigenvalue weighted by molar-refractivity contribution is 0.521. The first-order chi connectivity index (χ1) is 8.89. The molecule has 1 saturated heterocycles. The van der Waals surface area contributed by atoms with Crippen molar-refractivity contribution in [1.29, 1.82) is 0 Å². The summed E-state index contributed by atoms with van der Waals surface area (Å²) in [7, 11) is -0.248. The molecule has 1 aromatic carbocycles. The summed E-state index contributed by atoms with van der Waals surface area (Å²) < 4.78 is 25.1. The maximum Gasteiger partial charge on any atom is 0.242 e. The molecule has 2 unspecified atom stereocenters. The molecule has 1 aliphatic rings. The molecule has 1 aliphatic heterocycles. The van der Waals surface area contributed by atoms with Crippen molar-refractivity contribution in [3.8, 4) is 0 Å². The van der Waals surface area contributed by atoms with Crippen molar-refractivity contribution in [2.24, 2.45) is 0 Å². The second-order valence-corrected chi connectivity index (χ2v) is 8.66. The number of nitrogens with zero attached hydrogens (tertiary/aromatic N) is 1. The van der Waals surface area contributed by atoms with Gasteiger partial charge in [0.15, 0.2) is 0 Å². The summed E-state index contributed by atoms with van der Waals surface area (Å²) in [4.78, 5) is 0.331. The van der Waals surface area contributed by atoms with E-state index >= 15 is 0 Å². The average Bonchev–Trinajstić information content (AvgIpc) is 2.75. The highest BCUT2D eigenvalue weighted by atomic mass is 32.2. The molecule has 106 valence electrons. The Hall–Kier alpha value is -0.720. The van der Waals surface area contributed by atoms with Gasteiger partial charge in [-0.05, 0) is 30.7 Å². The first-order valence-corrected chi connectivity index (χ1v) is 8.79. The summed E-state index contributed by atoms with van der Waals surface area (Å²) in [6.45, 7) is 2.24. The topological polar surface area (TPSA) is 49.4 Å². The molecule has 0 aromatic heterocycles. The van der Waals surface area contributed by atoms with Gasteiger partial charge < -0.3 is 5.32 Å². The zero-order chi connectivity index (χ0) is 14.0. The van der Waals surface area contributed by atoms with E-state index in [-0.39, 0.29) is 0 Å². The van der Waals surface area contributed by atoms with Crippen molar-refractivity contribution in [2.45, 2.75) is 29.5 Å². The summed E-state index contributed by atoms with van der Waals surface area (Å²) in [5, 5.41) is 4.15. The number of nitrogens with one attached hydrogen (secondary N) is 1. The molecular weight excluding hydrogens is 280 g/mol. The van der Waals surface area contributed by atoms with Crippen molar-refractivity contribution >= 4 is 27.5 Å². The summed E-state index contributed by atoms with van der Waals surface area (Å²) >= 11 is 1.97. The van der Waals surface area contributed by atoms with Crippen LogP contribution in [0.3, 0.4) is 0 Å². The molecule has 4 nitrogen and oxygen atoms in total. The van der Waals surface area contributed by atoms with E-state index in [4.69, 9.17) is 0 Å². The molecular formula is C13H20N2O2S2. The first kappa shape index (κ1) is 14.7. The highest BCUT2D eigenvalue weighted by Crippen LogP contribution is 2.28. The van der Waals surface area contributed by atoms with Crippen molar-refractivity contribution in [2.75, 3.05) is 25.2 Å². The highest BCUT2D eigenvalue weighted by Gasteiger charge is 2.22. The third kappa shape index (κ3) is 3.43. The summed E-state index contributed by atoms with van der Waals surface area (Å²) in [5.74, 6) is 1.11. The van der Waals surface area contributed by atoms with E-state index in [1.54, 1.807) is 26.2 Å². The Morgan fingerprint density at radius 2 is 1.89 bits per heavy atom. The van der Waals surface area contributed by atoms with Gasteiger partial charge in [-0.25, -0.2) is 12.7 Å². The largest absolute Gasteiger partial charge is 0.381 e. The van der Waals surface area contributed by atoms with Crippen LogP contribution in [-0.4, -0.2) is 43.9 Å². The molecule has 19 heavy (non-hydrogen) atoms. The Kier molecular flexibility index (Phi) is 4.43. The van der Waals surface area contributed by atoms with E-state index in [1.807, 2.05) is 23.9 Å². The SMILES string of the molecule is CC1CC(Nc2ccc(S(=O)(=O)N(C)C)cc2)CS1. The Morgan fingerprint density at radius 3 is 2.37 bits per heavy atom. The molecule has 6 heteroatoms. The van der Waals surface area contributed by atoms with Gasteiger partial charge in [0.05, 0.1) is 4.90 Å². The number of hydrogen-bond acceptors (Lipinski definition) is 4. The van der Waals surface area contributed by atoms with Crippen LogP contribution >= 0.6 is 11.8 Å². The van der Waals surface area contributed by atoms with Gasteiger partial charge in [-0.15, -0.1) is 0 Å². The van der Waals surface area contributed by atoms with Crippen LogP contribution in [0.2, 0.25) is 0 Å². The normalized spacial score (nSPS) is 23.8. The molecule has 0 saturated carbocycles. The van der Waals surface area contributed by atoms with Gasteiger partial charge >= 0.3 is 0 Å². The fraction of sp³-hybridized carbons (Fsp3) is 0.538. The molecule has 1 N–H and O–H groups in total. The monoisotopic (exact) mass is 300 g/mol. The number of sulfonamides is 1. The van der Waals surface area contributed by atoms with Gasteiger partial charge in [0.25, 0.3) is 0 Å². The predicted octanol–water partition coefficient (Wildman–Crippen LogP) is 2.24. The van der Waals surface area contributed by atoms with Crippen LogP contribution in [0.25, 0.3) is 0 Å². The van der Waals surface area contributed by atoms with Crippen molar-refractivity contribution < 1.29 is 8.42 Å². The fourth-order valence-electron chi connectivity index (χ4n) is 2.09. The molecule has 1 fully saturated rings. The van der Waals surface area contributed by atoms with Crippen LogP contribution in [0, 0.1) is 0 Å². The molecule has 0 amide bonds. The second kappa shape index (κ2) is 5.73. The molecule has 0 radical (unpaired) electrons. The van der Waals surface area contributed by atoms with Crippen LogP contribution in [-0.2, 0) is 10.0 Å². The number of hydrogen-bond donors (Lipinski definition) is 1. The lowest BCUT2D eigenvalue weighted by Gasteiger charge is -2.15. The zero-order valence-electron chi connectivity index (χ0n) is 11.5. The second-order valence-electron chi connectivity index (χ2n) is 5.03. The van der Waals surface area contributed by atoms with Crippen molar-refractivity contribution in [1.82, 2.24) is 4.31 Å². The first-order valence-electron chi connectivity index (χ1n) is 6.30. The summed E-state index contributed by atoms with van der Waals surface area (Å²) in [5.41, 5.74) is 0.984. The maximum absolute atomic E-state index is 11.9. The smallest absolute Gasteiger partial charge is 0.242 e. The van der Waals surface area contributed by atoms with E-state index < -0.39 is 10.0 Å². The number of thioether (sulfide) groups is 1. The minimum Gasteiger partial charge on any atom is -0.381 e. The van der Waals surface area contributed by atoms with Gasteiger partial charge in [-0.1, -0.05) is 6.92 Å². The lowest BCUT2D eigenvalue weighted by atomic mass is 10.2.